The molecule has 0 radical (unpaired) electrons. The maximum Gasteiger partial charge on any atom is 0.271 e. The summed E-state index contributed by atoms with van der Waals surface area (Å²) in [4.78, 5) is 26.2. The molecule has 0 aliphatic carbocycles. The van der Waals surface area contributed by atoms with Crippen molar-refractivity contribution in [3.05, 3.63) is 95.0 Å². The minimum absolute atomic E-state index is 0.131. The smallest absolute Gasteiger partial charge is 0.271 e. The van der Waals surface area contributed by atoms with E-state index < -0.39 is 5.91 Å². The summed E-state index contributed by atoms with van der Waals surface area (Å²) in [6.07, 6.45) is 0. The van der Waals surface area contributed by atoms with E-state index in [0.717, 1.165) is 16.7 Å². The molecule has 0 atom stereocenters. The van der Waals surface area contributed by atoms with E-state index in [4.69, 9.17) is 11.6 Å². The van der Waals surface area contributed by atoms with Gasteiger partial charge in [-0.1, -0.05) is 78.3 Å². The van der Waals surface area contributed by atoms with E-state index in [1.54, 1.807) is 24.3 Å². The Balaban J connectivity index is 1.56. The molecule has 3 aromatic rings. The summed E-state index contributed by atoms with van der Waals surface area (Å²) < 4.78 is 0. The number of rotatable bonds is 6. The van der Waals surface area contributed by atoms with Crippen molar-refractivity contribution in [2.45, 2.75) is 6.54 Å². The van der Waals surface area contributed by atoms with Crippen LogP contribution in [0.1, 0.15) is 15.9 Å². The molecule has 6 heteroatoms. The number of carbonyl (C=O) groups is 2. The second kappa shape index (κ2) is 9.87. The number of hydrogen-bond donors (Lipinski definition) is 2. The van der Waals surface area contributed by atoms with Crippen LogP contribution in [-0.2, 0) is 11.3 Å². The Kier molecular flexibility index (Phi) is 7.00. The highest BCUT2D eigenvalue weighted by molar-refractivity contribution is 6.33. The molecule has 0 saturated carbocycles. The molecule has 0 fully saturated rings. The molecule has 3 rings (SSSR count). The summed E-state index contributed by atoms with van der Waals surface area (Å²) in [5.74, 6) is -0.772. The predicted octanol–water partition coefficient (Wildman–Crippen LogP) is 3.90. The van der Waals surface area contributed by atoms with E-state index in [2.05, 4.69) is 35.1 Å². The predicted molar refractivity (Wildman–Crippen MR) is 115 cm³/mol. The summed E-state index contributed by atoms with van der Waals surface area (Å²) in [7, 11) is 1.86. The highest BCUT2D eigenvalue weighted by Gasteiger charge is 2.13. The van der Waals surface area contributed by atoms with Crippen LogP contribution in [0.3, 0.4) is 0 Å². The van der Waals surface area contributed by atoms with Gasteiger partial charge in [0.1, 0.15) is 0 Å². The first-order valence-electron chi connectivity index (χ1n) is 9.20. The van der Waals surface area contributed by atoms with E-state index in [1.807, 2.05) is 42.3 Å². The molecule has 0 aliphatic heterocycles. The van der Waals surface area contributed by atoms with Gasteiger partial charge >= 0.3 is 0 Å². The third-order valence-corrected chi connectivity index (χ3v) is 4.72. The lowest BCUT2D eigenvalue weighted by Crippen LogP contribution is -2.45. The number of amides is 2. The molecule has 0 aliphatic rings. The lowest BCUT2D eigenvalue weighted by atomic mass is 9.99. The standard InChI is InChI=1S/C23H22ClN3O2/c1-27(15-18-11-5-6-12-19(18)17-9-3-2-4-10-17)16-22(28)25-26-23(29)20-13-7-8-14-21(20)24/h2-14H,15-16H2,1H3,(H,25,28)(H,26,29). The highest BCUT2D eigenvalue weighted by Crippen LogP contribution is 2.24. The Morgan fingerprint density at radius 1 is 0.862 bits per heavy atom. The van der Waals surface area contributed by atoms with E-state index in [1.165, 1.54) is 0 Å². The van der Waals surface area contributed by atoms with Crippen molar-refractivity contribution in [1.29, 1.82) is 0 Å². The van der Waals surface area contributed by atoms with Gasteiger partial charge in [-0.15, -0.1) is 0 Å². The van der Waals surface area contributed by atoms with Crippen molar-refractivity contribution in [2.24, 2.45) is 0 Å². The molecule has 0 bridgehead atoms. The van der Waals surface area contributed by atoms with Gasteiger partial charge in [-0.25, -0.2) is 0 Å². The maximum atomic E-state index is 12.2. The first-order chi connectivity index (χ1) is 14.0. The quantitative estimate of drug-likeness (QED) is 0.609. The lowest BCUT2D eigenvalue weighted by molar-refractivity contribution is -0.122. The number of benzene rings is 3. The zero-order chi connectivity index (χ0) is 20.6. The molecule has 3 aromatic carbocycles. The normalized spacial score (nSPS) is 10.6. The Bertz CT molecular complexity index is 992. The maximum absolute atomic E-state index is 12.2. The Labute approximate surface area is 175 Å². The monoisotopic (exact) mass is 407 g/mol. The van der Waals surface area contributed by atoms with Crippen LogP contribution in [0.4, 0.5) is 0 Å². The van der Waals surface area contributed by atoms with Gasteiger partial charge in [-0.05, 0) is 35.9 Å². The van der Waals surface area contributed by atoms with Crippen molar-refractivity contribution in [2.75, 3.05) is 13.6 Å². The van der Waals surface area contributed by atoms with Crippen LogP contribution in [0.15, 0.2) is 78.9 Å². The summed E-state index contributed by atoms with van der Waals surface area (Å²) in [5, 5.41) is 0.328. The molecule has 0 unspecified atom stereocenters. The number of hydrogen-bond acceptors (Lipinski definition) is 3. The van der Waals surface area contributed by atoms with Gasteiger partial charge in [0.05, 0.1) is 17.1 Å². The number of carbonyl (C=O) groups excluding carboxylic acids is 2. The fourth-order valence-electron chi connectivity index (χ4n) is 3.03. The first-order valence-corrected chi connectivity index (χ1v) is 9.58. The first kappa shape index (κ1) is 20.6. The molecule has 5 nitrogen and oxygen atoms in total. The molecule has 29 heavy (non-hydrogen) atoms. The van der Waals surface area contributed by atoms with Crippen molar-refractivity contribution in [3.63, 3.8) is 0 Å². The van der Waals surface area contributed by atoms with Crippen molar-refractivity contribution in [1.82, 2.24) is 15.8 Å². The minimum Gasteiger partial charge on any atom is -0.293 e. The molecule has 2 amide bonds. The molecular formula is C23H22ClN3O2. The molecule has 0 saturated heterocycles. The summed E-state index contributed by atoms with van der Waals surface area (Å²) in [6, 6.07) is 24.9. The number of likely N-dealkylation sites (N-methyl/N-ethyl adjacent to an activating group) is 1. The molecule has 0 aromatic heterocycles. The topological polar surface area (TPSA) is 61.4 Å². The zero-order valence-electron chi connectivity index (χ0n) is 16.1. The molecule has 0 spiro atoms. The van der Waals surface area contributed by atoms with Crippen LogP contribution in [0.25, 0.3) is 11.1 Å². The number of halogens is 1. The van der Waals surface area contributed by atoms with Gasteiger partial charge in [-0.3, -0.25) is 25.3 Å². The van der Waals surface area contributed by atoms with Gasteiger partial charge in [0.15, 0.2) is 0 Å². The Morgan fingerprint density at radius 3 is 2.28 bits per heavy atom. The summed E-state index contributed by atoms with van der Waals surface area (Å²) in [5.41, 5.74) is 8.52. The van der Waals surface area contributed by atoms with Crippen LogP contribution in [0, 0.1) is 0 Å². The Hall–Kier alpha value is -3.15. The van der Waals surface area contributed by atoms with Crippen molar-refractivity contribution >= 4 is 23.4 Å². The second-order valence-corrected chi connectivity index (χ2v) is 7.08. The summed E-state index contributed by atoms with van der Waals surface area (Å²) in [6.45, 7) is 0.725. The fourth-order valence-corrected chi connectivity index (χ4v) is 3.25. The van der Waals surface area contributed by atoms with Gasteiger partial charge in [0.25, 0.3) is 11.8 Å². The van der Waals surface area contributed by atoms with Crippen molar-refractivity contribution in [3.8, 4) is 11.1 Å². The van der Waals surface area contributed by atoms with Crippen LogP contribution >= 0.6 is 11.6 Å². The van der Waals surface area contributed by atoms with Crippen LogP contribution in [-0.4, -0.2) is 30.3 Å². The van der Waals surface area contributed by atoms with E-state index in [0.29, 0.717) is 17.1 Å². The number of hydrazine groups is 1. The van der Waals surface area contributed by atoms with E-state index in [-0.39, 0.29) is 12.5 Å². The average molecular weight is 408 g/mol. The Morgan fingerprint density at radius 2 is 1.52 bits per heavy atom. The van der Waals surface area contributed by atoms with Gasteiger partial charge in [0.2, 0.25) is 0 Å². The molecular weight excluding hydrogens is 386 g/mol. The van der Waals surface area contributed by atoms with E-state index >= 15 is 0 Å². The lowest BCUT2D eigenvalue weighted by Gasteiger charge is -2.19. The van der Waals surface area contributed by atoms with Crippen LogP contribution in [0.2, 0.25) is 5.02 Å². The third kappa shape index (κ3) is 5.67. The largest absolute Gasteiger partial charge is 0.293 e. The van der Waals surface area contributed by atoms with E-state index in [9.17, 15) is 9.59 Å². The average Bonchev–Trinajstić information content (AvgIpc) is 2.73. The summed E-state index contributed by atoms with van der Waals surface area (Å²) >= 11 is 5.99. The van der Waals surface area contributed by atoms with Gasteiger partial charge in [0, 0.05) is 6.54 Å². The number of nitrogens with one attached hydrogen (secondary N) is 2. The SMILES string of the molecule is CN(CC(=O)NNC(=O)c1ccccc1Cl)Cc1ccccc1-c1ccccc1. The third-order valence-electron chi connectivity index (χ3n) is 4.39. The zero-order valence-corrected chi connectivity index (χ0v) is 16.8. The molecule has 2 N–H and O–H groups in total. The molecule has 0 heterocycles. The highest BCUT2D eigenvalue weighted by atomic mass is 35.5. The minimum atomic E-state index is -0.457. The fraction of sp³-hybridized carbons (Fsp3) is 0.130. The van der Waals surface area contributed by atoms with Gasteiger partial charge in [-0.2, -0.15) is 0 Å². The van der Waals surface area contributed by atoms with Gasteiger partial charge < -0.3 is 0 Å². The number of nitrogens with zero attached hydrogens (tertiary/aromatic N) is 1. The second-order valence-electron chi connectivity index (χ2n) is 6.68. The van der Waals surface area contributed by atoms with Crippen LogP contribution < -0.4 is 10.9 Å². The van der Waals surface area contributed by atoms with Crippen LogP contribution in [0.5, 0.6) is 0 Å². The molecule has 148 valence electrons. The van der Waals surface area contributed by atoms with Crippen molar-refractivity contribution < 1.29 is 9.59 Å².